The number of imidazole rings is 1. The predicted octanol–water partition coefficient (Wildman–Crippen LogP) is 7.16. The maximum atomic E-state index is 6.78. The van der Waals surface area contributed by atoms with Crippen LogP contribution in [0.4, 0.5) is 0 Å². The summed E-state index contributed by atoms with van der Waals surface area (Å²) in [5.74, 6) is 8.58. The molecule has 4 atom stereocenters. The van der Waals surface area contributed by atoms with Crippen LogP contribution >= 0.6 is 0 Å². The molecule has 6 rings (SSSR count). The Morgan fingerprint density at radius 2 is 1.36 bits per heavy atom. The van der Waals surface area contributed by atoms with E-state index < -0.39 is 24.5 Å². The molecule has 3 aromatic carbocycles. The average molecular weight is 603 g/mol. The van der Waals surface area contributed by atoms with Gasteiger partial charge in [-0.1, -0.05) is 72.4 Å². The van der Waals surface area contributed by atoms with Crippen molar-refractivity contribution in [3.8, 4) is 29.1 Å². The van der Waals surface area contributed by atoms with Crippen LogP contribution in [0.15, 0.2) is 85.5 Å². The largest absolute Gasteiger partial charge is 0.491 e. The van der Waals surface area contributed by atoms with Gasteiger partial charge in [0.2, 0.25) is 0 Å². The van der Waals surface area contributed by atoms with Crippen LogP contribution in [0.25, 0.3) is 11.2 Å². The Morgan fingerprint density at radius 1 is 0.756 bits per heavy atom. The second-order valence-electron chi connectivity index (χ2n) is 11.4. The van der Waals surface area contributed by atoms with Crippen molar-refractivity contribution in [3.05, 3.63) is 108 Å². The van der Waals surface area contributed by atoms with Gasteiger partial charge in [0.15, 0.2) is 24.1 Å². The van der Waals surface area contributed by atoms with E-state index in [-0.39, 0.29) is 6.61 Å². The van der Waals surface area contributed by atoms with Gasteiger partial charge in [-0.25, -0.2) is 15.0 Å². The zero-order chi connectivity index (χ0) is 31.2. The summed E-state index contributed by atoms with van der Waals surface area (Å²) in [7, 11) is 0. The molecule has 8 heteroatoms. The topological polar surface area (TPSA) is 80.5 Å². The van der Waals surface area contributed by atoms with Gasteiger partial charge in [0.05, 0.1) is 6.33 Å². The van der Waals surface area contributed by atoms with E-state index in [4.69, 9.17) is 18.9 Å². The first kappa shape index (κ1) is 30.2. The number of ether oxygens (including phenoxy) is 4. The molecule has 230 valence electrons. The Morgan fingerprint density at radius 3 is 1.98 bits per heavy atom. The SMILES string of the molecule is CCCCC#Cc1ncnc2c1ncn2[C@@H]1O[C@H](COc2ccc(C)cc2)[C@@H](Oc2ccc(C)cc2)[C@H]1Oc1ccc(C)cc1. The number of hydrogen-bond donors (Lipinski definition) is 0. The molecular formula is C37H38N4O4. The van der Waals surface area contributed by atoms with Crippen LogP contribution in [-0.4, -0.2) is 44.4 Å². The maximum absolute atomic E-state index is 6.78. The third-order valence-corrected chi connectivity index (χ3v) is 7.80. The van der Waals surface area contributed by atoms with Gasteiger partial charge >= 0.3 is 0 Å². The number of aromatic nitrogens is 4. The Bertz CT molecular complexity index is 1770. The van der Waals surface area contributed by atoms with E-state index in [0.29, 0.717) is 22.6 Å². The minimum atomic E-state index is -0.630. The lowest BCUT2D eigenvalue weighted by Crippen LogP contribution is -2.42. The summed E-state index contributed by atoms with van der Waals surface area (Å²) < 4.78 is 28.3. The molecule has 3 heterocycles. The Hall–Kier alpha value is -4.87. The predicted molar refractivity (Wildman–Crippen MR) is 173 cm³/mol. The van der Waals surface area contributed by atoms with Crippen molar-refractivity contribution in [3.63, 3.8) is 0 Å². The molecule has 0 radical (unpaired) electrons. The second-order valence-corrected chi connectivity index (χ2v) is 11.4. The number of aryl methyl sites for hydroxylation is 3. The Balaban J connectivity index is 1.38. The molecule has 0 aliphatic carbocycles. The number of unbranched alkanes of at least 4 members (excludes halogenated alkanes) is 2. The molecule has 1 aliphatic heterocycles. The van der Waals surface area contributed by atoms with Crippen molar-refractivity contribution < 1.29 is 18.9 Å². The first-order chi connectivity index (χ1) is 22.0. The Labute approximate surface area is 264 Å². The van der Waals surface area contributed by atoms with E-state index >= 15 is 0 Å². The van der Waals surface area contributed by atoms with Crippen LogP contribution in [0.3, 0.4) is 0 Å². The zero-order valence-corrected chi connectivity index (χ0v) is 26.1. The fourth-order valence-electron chi connectivity index (χ4n) is 5.24. The lowest BCUT2D eigenvalue weighted by molar-refractivity contribution is -0.0434. The minimum Gasteiger partial charge on any atom is -0.491 e. The summed E-state index contributed by atoms with van der Waals surface area (Å²) >= 11 is 0. The molecule has 0 spiro atoms. The monoisotopic (exact) mass is 602 g/mol. The molecule has 0 amide bonds. The third kappa shape index (κ3) is 7.11. The van der Waals surface area contributed by atoms with Crippen LogP contribution in [0.2, 0.25) is 0 Å². The van der Waals surface area contributed by atoms with Crippen LogP contribution < -0.4 is 14.2 Å². The molecule has 5 aromatic rings. The van der Waals surface area contributed by atoms with Gasteiger partial charge in [-0.2, -0.15) is 0 Å². The van der Waals surface area contributed by atoms with Crippen LogP contribution in [0.5, 0.6) is 17.2 Å². The molecule has 2 aromatic heterocycles. The van der Waals surface area contributed by atoms with Gasteiger partial charge in [0, 0.05) is 6.42 Å². The fourth-order valence-corrected chi connectivity index (χ4v) is 5.24. The Kier molecular flexibility index (Phi) is 9.27. The number of hydrogen-bond acceptors (Lipinski definition) is 7. The molecule has 0 bridgehead atoms. The molecule has 1 aliphatic rings. The van der Waals surface area contributed by atoms with Crippen LogP contribution in [0.1, 0.15) is 54.8 Å². The van der Waals surface area contributed by atoms with Gasteiger partial charge in [0.1, 0.15) is 47.5 Å². The van der Waals surface area contributed by atoms with E-state index in [1.807, 2.05) is 91.2 Å². The van der Waals surface area contributed by atoms with Gasteiger partial charge in [0.25, 0.3) is 0 Å². The molecule has 0 unspecified atom stereocenters. The standard InChI is InChI=1S/C37H38N4O4/c1-5-6-7-8-9-31-33-36(39-23-38-31)41(24-40-33)37-35(44-30-20-14-27(4)15-21-30)34(43-29-18-12-26(3)13-19-29)32(45-37)22-42-28-16-10-25(2)11-17-28/h10-21,23-24,32,34-35,37H,5-7,22H2,1-4H3/t32-,34-,35-,37-/m1/s1. The molecule has 8 nitrogen and oxygen atoms in total. The van der Waals surface area contributed by atoms with Gasteiger partial charge in [-0.15, -0.1) is 0 Å². The molecular weight excluding hydrogens is 564 g/mol. The molecule has 0 N–H and O–H groups in total. The number of rotatable bonds is 10. The number of nitrogens with zero attached hydrogens (tertiary/aromatic N) is 4. The second kappa shape index (κ2) is 13.8. The van der Waals surface area contributed by atoms with Crippen molar-refractivity contribution in [1.82, 2.24) is 19.5 Å². The molecule has 1 fully saturated rings. The van der Waals surface area contributed by atoms with E-state index in [2.05, 4.69) is 40.6 Å². The molecule has 0 saturated carbocycles. The maximum Gasteiger partial charge on any atom is 0.183 e. The van der Waals surface area contributed by atoms with Gasteiger partial charge < -0.3 is 18.9 Å². The lowest BCUT2D eigenvalue weighted by atomic mass is 10.1. The first-order valence-electron chi connectivity index (χ1n) is 15.5. The molecule has 45 heavy (non-hydrogen) atoms. The smallest absolute Gasteiger partial charge is 0.183 e. The lowest BCUT2D eigenvalue weighted by Gasteiger charge is -2.26. The van der Waals surface area contributed by atoms with Crippen molar-refractivity contribution in [2.75, 3.05) is 6.61 Å². The number of benzene rings is 3. The summed E-state index contributed by atoms with van der Waals surface area (Å²) in [5.41, 5.74) is 5.28. The van der Waals surface area contributed by atoms with E-state index in [1.165, 1.54) is 6.33 Å². The van der Waals surface area contributed by atoms with Gasteiger partial charge in [-0.3, -0.25) is 4.57 Å². The number of fused-ring (bicyclic) bond motifs is 1. The van der Waals surface area contributed by atoms with Gasteiger partial charge in [-0.05, 0) is 69.5 Å². The zero-order valence-electron chi connectivity index (χ0n) is 26.1. The highest BCUT2D eigenvalue weighted by Crippen LogP contribution is 2.37. The highest BCUT2D eigenvalue weighted by molar-refractivity contribution is 5.76. The highest BCUT2D eigenvalue weighted by atomic mass is 16.6. The van der Waals surface area contributed by atoms with Crippen LogP contribution in [-0.2, 0) is 4.74 Å². The van der Waals surface area contributed by atoms with Crippen molar-refractivity contribution in [2.24, 2.45) is 0 Å². The van der Waals surface area contributed by atoms with Crippen molar-refractivity contribution >= 4 is 11.2 Å². The normalized spacial score (nSPS) is 19.2. The highest BCUT2D eigenvalue weighted by Gasteiger charge is 2.50. The summed E-state index contributed by atoms with van der Waals surface area (Å²) in [4.78, 5) is 13.7. The summed E-state index contributed by atoms with van der Waals surface area (Å²) in [5, 5.41) is 0. The van der Waals surface area contributed by atoms with Crippen molar-refractivity contribution in [1.29, 1.82) is 0 Å². The first-order valence-corrected chi connectivity index (χ1v) is 15.5. The third-order valence-electron chi connectivity index (χ3n) is 7.80. The summed E-state index contributed by atoms with van der Waals surface area (Å²) in [6.07, 6.45) is 3.95. The quantitative estimate of drug-likeness (QED) is 0.124. The van der Waals surface area contributed by atoms with Crippen LogP contribution in [0, 0.1) is 32.6 Å². The average Bonchev–Trinajstić information content (AvgIpc) is 3.63. The van der Waals surface area contributed by atoms with E-state index in [9.17, 15) is 0 Å². The fraction of sp³-hybridized carbons (Fsp3) is 0.324. The van der Waals surface area contributed by atoms with E-state index in [1.54, 1.807) is 6.33 Å². The summed E-state index contributed by atoms with van der Waals surface area (Å²) in [6, 6.07) is 23.9. The molecule has 1 saturated heterocycles. The van der Waals surface area contributed by atoms with E-state index in [0.717, 1.165) is 47.5 Å². The minimum absolute atomic E-state index is 0.250. The summed E-state index contributed by atoms with van der Waals surface area (Å²) in [6.45, 7) is 8.55. The van der Waals surface area contributed by atoms with Crippen molar-refractivity contribution in [2.45, 2.75) is 71.5 Å².